The number of amides is 1. The quantitative estimate of drug-likeness (QED) is 0.724. The van der Waals surface area contributed by atoms with Crippen LogP contribution in [0.5, 0.6) is 0 Å². The molecule has 1 fully saturated rings. The third kappa shape index (κ3) is 7.49. The van der Waals surface area contributed by atoms with Gasteiger partial charge in [0.05, 0.1) is 0 Å². The molecular formula is C10H17F3N2OS. The summed E-state index contributed by atoms with van der Waals surface area (Å²) in [5, 5.41) is 5.76. The fourth-order valence-corrected chi connectivity index (χ4v) is 2.19. The fraction of sp³-hybridized carbons (Fsp3) is 0.900. The predicted molar refractivity (Wildman–Crippen MR) is 61.8 cm³/mol. The second kappa shape index (κ2) is 7.10. The number of hydrogen-bond acceptors (Lipinski definition) is 3. The molecule has 0 spiro atoms. The number of thioether (sulfide) groups is 1. The lowest BCUT2D eigenvalue weighted by Gasteiger charge is -2.10. The van der Waals surface area contributed by atoms with Crippen molar-refractivity contribution in [3.05, 3.63) is 0 Å². The molecule has 1 heterocycles. The lowest BCUT2D eigenvalue weighted by Crippen LogP contribution is -2.29. The van der Waals surface area contributed by atoms with E-state index >= 15 is 0 Å². The van der Waals surface area contributed by atoms with Gasteiger partial charge in [-0.05, 0) is 37.6 Å². The monoisotopic (exact) mass is 270 g/mol. The first-order chi connectivity index (χ1) is 7.97. The first-order valence-corrected chi connectivity index (χ1v) is 6.67. The summed E-state index contributed by atoms with van der Waals surface area (Å²) in [5.74, 6) is -0.293. The summed E-state index contributed by atoms with van der Waals surface area (Å²) in [6.45, 7) is 1.07. The highest BCUT2D eigenvalue weighted by molar-refractivity contribution is 8.00. The summed E-state index contributed by atoms with van der Waals surface area (Å²) in [5.41, 5.74) is -4.21. The highest BCUT2D eigenvalue weighted by Gasteiger charge is 2.27. The van der Waals surface area contributed by atoms with Gasteiger partial charge in [0.2, 0.25) is 5.91 Å². The molecule has 1 aliphatic rings. The molecule has 100 valence electrons. The van der Waals surface area contributed by atoms with Crippen LogP contribution in [0.15, 0.2) is 0 Å². The molecule has 0 radical (unpaired) electrons. The minimum atomic E-state index is -4.21. The van der Waals surface area contributed by atoms with Crippen LogP contribution in [0.4, 0.5) is 13.2 Å². The summed E-state index contributed by atoms with van der Waals surface area (Å²) in [4.78, 5) is 11.3. The standard InChI is InChI=1S/C10H17F3N2OS/c11-10(12,13)17-7-6-15-9(16)4-3-8-2-1-5-14-8/h8,14H,1-7H2,(H,15,16). The molecule has 3 nitrogen and oxygen atoms in total. The Morgan fingerprint density at radius 2 is 2.24 bits per heavy atom. The van der Waals surface area contributed by atoms with Gasteiger partial charge in [-0.15, -0.1) is 0 Å². The van der Waals surface area contributed by atoms with E-state index in [4.69, 9.17) is 0 Å². The second-order valence-corrected chi connectivity index (χ2v) is 5.14. The molecule has 0 bridgehead atoms. The van der Waals surface area contributed by atoms with Crippen molar-refractivity contribution in [1.82, 2.24) is 10.6 Å². The first kappa shape index (κ1) is 14.6. The number of carbonyl (C=O) groups excluding carboxylic acids is 1. The van der Waals surface area contributed by atoms with E-state index in [1.165, 1.54) is 0 Å². The van der Waals surface area contributed by atoms with Gasteiger partial charge in [-0.25, -0.2) is 0 Å². The van der Waals surface area contributed by atoms with E-state index in [9.17, 15) is 18.0 Å². The van der Waals surface area contributed by atoms with Crippen molar-refractivity contribution >= 4 is 17.7 Å². The molecule has 0 aliphatic carbocycles. The minimum absolute atomic E-state index is 0.0705. The zero-order valence-corrected chi connectivity index (χ0v) is 10.3. The summed E-state index contributed by atoms with van der Waals surface area (Å²) in [7, 11) is 0. The number of carbonyl (C=O) groups is 1. The first-order valence-electron chi connectivity index (χ1n) is 5.68. The molecule has 17 heavy (non-hydrogen) atoms. The van der Waals surface area contributed by atoms with E-state index in [-0.39, 0.29) is 30.0 Å². The number of halogens is 3. The van der Waals surface area contributed by atoms with E-state index in [0.717, 1.165) is 25.8 Å². The predicted octanol–water partition coefficient (Wildman–Crippen LogP) is 1.89. The summed E-state index contributed by atoms with van der Waals surface area (Å²) >= 11 is -0.108. The van der Waals surface area contributed by atoms with E-state index in [1.807, 2.05) is 0 Å². The highest BCUT2D eigenvalue weighted by atomic mass is 32.2. The number of hydrogen-bond donors (Lipinski definition) is 2. The second-order valence-electron chi connectivity index (χ2n) is 3.98. The molecule has 7 heteroatoms. The summed E-state index contributed by atoms with van der Waals surface area (Å²) in [6, 6.07) is 0.394. The fourth-order valence-electron chi connectivity index (χ4n) is 1.75. The summed E-state index contributed by atoms with van der Waals surface area (Å²) in [6.07, 6.45) is 3.36. The Kier molecular flexibility index (Phi) is 6.11. The van der Waals surface area contributed by atoms with Crippen LogP contribution in [-0.4, -0.2) is 36.3 Å². The van der Waals surface area contributed by atoms with Gasteiger partial charge < -0.3 is 10.6 Å². The molecular weight excluding hydrogens is 253 g/mol. The van der Waals surface area contributed by atoms with Crippen LogP contribution in [-0.2, 0) is 4.79 Å². The number of nitrogens with one attached hydrogen (secondary N) is 2. The lowest BCUT2D eigenvalue weighted by molar-refractivity contribution is -0.121. The normalized spacial score (nSPS) is 20.5. The average Bonchev–Trinajstić information content (AvgIpc) is 2.73. The third-order valence-electron chi connectivity index (χ3n) is 2.57. The van der Waals surface area contributed by atoms with Crippen LogP contribution >= 0.6 is 11.8 Å². The Hall–Kier alpha value is -0.430. The molecule has 0 aromatic rings. The van der Waals surface area contributed by atoms with E-state index in [0.29, 0.717) is 12.5 Å². The van der Waals surface area contributed by atoms with E-state index in [2.05, 4.69) is 10.6 Å². The van der Waals surface area contributed by atoms with Gasteiger partial charge in [0.15, 0.2) is 0 Å². The molecule has 0 saturated carbocycles. The molecule has 1 aliphatic heterocycles. The molecule has 1 amide bonds. The van der Waals surface area contributed by atoms with Gasteiger partial charge >= 0.3 is 5.51 Å². The van der Waals surface area contributed by atoms with Crippen LogP contribution in [0, 0.1) is 0 Å². The zero-order valence-electron chi connectivity index (χ0n) is 9.48. The Labute approximate surface area is 103 Å². The summed E-state index contributed by atoms with van der Waals surface area (Å²) < 4.78 is 35.3. The van der Waals surface area contributed by atoms with E-state index in [1.54, 1.807) is 0 Å². The molecule has 1 atom stereocenters. The van der Waals surface area contributed by atoms with Crippen LogP contribution in [0.25, 0.3) is 0 Å². The third-order valence-corrected chi connectivity index (χ3v) is 3.31. The Morgan fingerprint density at radius 3 is 2.82 bits per heavy atom. The van der Waals surface area contributed by atoms with Gasteiger partial charge in [0.1, 0.15) is 0 Å². The van der Waals surface area contributed by atoms with Crippen LogP contribution in [0.3, 0.4) is 0 Å². The molecule has 1 rings (SSSR count). The van der Waals surface area contributed by atoms with Crippen LogP contribution in [0.2, 0.25) is 0 Å². The van der Waals surface area contributed by atoms with Crippen molar-refractivity contribution in [2.24, 2.45) is 0 Å². The Morgan fingerprint density at radius 1 is 1.47 bits per heavy atom. The average molecular weight is 270 g/mol. The maximum Gasteiger partial charge on any atom is 0.441 e. The van der Waals surface area contributed by atoms with Crippen LogP contribution in [0.1, 0.15) is 25.7 Å². The van der Waals surface area contributed by atoms with Gasteiger partial charge in [-0.2, -0.15) is 13.2 Å². The van der Waals surface area contributed by atoms with Gasteiger partial charge in [0, 0.05) is 24.8 Å². The topological polar surface area (TPSA) is 41.1 Å². The van der Waals surface area contributed by atoms with Crippen molar-refractivity contribution in [2.75, 3.05) is 18.8 Å². The number of rotatable bonds is 6. The molecule has 2 N–H and O–H groups in total. The lowest BCUT2D eigenvalue weighted by atomic mass is 10.1. The van der Waals surface area contributed by atoms with Gasteiger partial charge in [0.25, 0.3) is 0 Å². The van der Waals surface area contributed by atoms with Gasteiger partial charge in [-0.1, -0.05) is 0 Å². The molecule has 0 aromatic carbocycles. The smallest absolute Gasteiger partial charge is 0.355 e. The SMILES string of the molecule is O=C(CCC1CCCN1)NCCSC(F)(F)F. The van der Waals surface area contributed by atoms with Crippen molar-refractivity contribution in [2.45, 2.75) is 37.2 Å². The van der Waals surface area contributed by atoms with Gasteiger partial charge in [-0.3, -0.25) is 4.79 Å². The van der Waals surface area contributed by atoms with E-state index < -0.39 is 5.51 Å². The Balaban J connectivity index is 1.97. The number of alkyl halides is 3. The van der Waals surface area contributed by atoms with Crippen LogP contribution < -0.4 is 10.6 Å². The van der Waals surface area contributed by atoms with Crippen molar-refractivity contribution in [3.63, 3.8) is 0 Å². The largest absolute Gasteiger partial charge is 0.441 e. The minimum Gasteiger partial charge on any atom is -0.355 e. The maximum absolute atomic E-state index is 11.8. The van der Waals surface area contributed by atoms with Crippen molar-refractivity contribution < 1.29 is 18.0 Å². The zero-order chi connectivity index (χ0) is 12.7. The van der Waals surface area contributed by atoms with Crippen molar-refractivity contribution in [1.29, 1.82) is 0 Å². The maximum atomic E-state index is 11.8. The molecule has 0 aromatic heterocycles. The Bertz CT molecular complexity index is 242. The van der Waals surface area contributed by atoms with Crippen molar-refractivity contribution in [3.8, 4) is 0 Å². The molecule has 1 unspecified atom stereocenters. The highest BCUT2D eigenvalue weighted by Crippen LogP contribution is 2.29. The molecule has 1 saturated heterocycles.